The predicted octanol–water partition coefficient (Wildman–Crippen LogP) is 4.51. The first-order valence-corrected chi connectivity index (χ1v) is 10.1. The van der Waals surface area contributed by atoms with E-state index < -0.39 is 21.7 Å². The van der Waals surface area contributed by atoms with Gasteiger partial charge in [0.15, 0.2) is 11.6 Å². The Hall–Kier alpha value is -3.00. The number of nitrogens with zero attached hydrogens (tertiary/aromatic N) is 2. The van der Waals surface area contributed by atoms with Gasteiger partial charge in [-0.1, -0.05) is 6.07 Å². The van der Waals surface area contributed by atoms with Gasteiger partial charge in [-0.05, 0) is 55.0 Å². The quantitative estimate of drug-likeness (QED) is 0.581. The summed E-state index contributed by atoms with van der Waals surface area (Å²) in [7, 11) is -3.53. The van der Waals surface area contributed by atoms with Crippen LogP contribution in [0.4, 0.5) is 14.5 Å². The number of sulfonamides is 1. The topological polar surface area (TPSA) is 59.5 Å². The van der Waals surface area contributed by atoms with Crippen molar-refractivity contribution in [3.05, 3.63) is 84.2 Å². The van der Waals surface area contributed by atoms with Crippen LogP contribution in [0.5, 0.6) is 11.5 Å². The summed E-state index contributed by atoms with van der Waals surface area (Å²) in [6.07, 6.45) is 3.22. The van der Waals surface area contributed by atoms with Crippen molar-refractivity contribution in [2.24, 2.45) is 0 Å². The zero-order valence-corrected chi connectivity index (χ0v) is 15.9. The van der Waals surface area contributed by atoms with E-state index in [-0.39, 0.29) is 18.0 Å². The summed E-state index contributed by atoms with van der Waals surface area (Å²) < 4.78 is 58.5. The van der Waals surface area contributed by atoms with E-state index in [0.29, 0.717) is 11.4 Å². The van der Waals surface area contributed by atoms with Crippen LogP contribution in [-0.4, -0.2) is 19.2 Å². The van der Waals surface area contributed by atoms with Gasteiger partial charge in [-0.15, -0.1) is 0 Å². The first-order valence-electron chi connectivity index (χ1n) is 8.51. The van der Waals surface area contributed by atoms with Crippen LogP contribution in [0.15, 0.2) is 67.0 Å². The summed E-state index contributed by atoms with van der Waals surface area (Å²) in [5, 5.41) is 0. The average molecular weight is 404 g/mol. The highest BCUT2D eigenvalue weighted by atomic mass is 32.2. The molecule has 3 rings (SSSR count). The number of hydrogen-bond acceptors (Lipinski definition) is 4. The largest absolute Gasteiger partial charge is 0.454 e. The smallest absolute Gasteiger partial charge is 0.235 e. The lowest BCUT2D eigenvalue weighted by Crippen LogP contribution is -2.31. The fourth-order valence-corrected chi connectivity index (χ4v) is 3.63. The Balaban J connectivity index is 1.85. The maximum atomic E-state index is 13.7. The van der Waals surface area contributed by atoms with E-state index in [0.717, 1.165) is 17.7 Å². The minimum Gasteiger partial charge on any atom is -0.454 e. The van der Waals surface area contributed by atoms with Gasteiger partial charge in [-0.3, -0.25) is 9.29 Å². The Labute approximate surface area is 162 Å². The van der Waals surface area contributed by atoms with Gasteiger partial charge < -0.3 is 4.74 Å². The van der Waals surface area contributed by atoms with E-state index in [1.807, 2.05) is 0 Å². The average Bonchev–Trinajstić information content (AvgIpc) is 2.70. The molecule has 0 aliphatic carbocycles. The second-order valence-corrected chi connectivity index (χ2v) is 8.12. The van der Waals surface area contributed by atoms with Crippen molar-refractivity contribution in [1.82, 2.24) is 4.98 Å². The first kappa shape index (κ1) is 19.8. The summed E-state index contributed by atoms with van der Waals surface area (Å²) in [4.78, 5) is 4.01. The van der Waals surface area contributed by atoms with Gasteiger partial charge in [0.1, 0.15) is 11.6 Å². The number of hydrogen-bond donors (Lipinski definition) is 0. The highest BCUT2D eigenvalue weighted by Crippen LogP contribution is 2.28. The number of aromatic nitrogens is 1. The number of rotatable bonds is 7. The van der Waals surface area contributed by atoms with E-state index in [9.17, 15) is 17.2 Å². The van der Waals surface area contributed by atoms with Crippen LogP contribution in [0, 0.1) is 11.6 Å². The molecule has 28 heavy (non-hydrogen) atoms. The third kappa shape index (κ3) is 4.64. The van der Waals surface area contributed by atoms with Gasteiger partial charge in [-0.2, -0.15) is 0 Å². The van der Waals surface area contributed by atoms with Crippen molar-refractivity contribution in [1.29, 1.82) is 0 Å². The molecule has 2 aromatic carbocycles. The van der Waals surface area contributed by atoms with E-state index in [4.69, 9.17) is 4.74 Å². The van der Waals surface area contributed by atoms with Crippen molar-refractivity contribution in [2.45, 2.75) is 13.5 Å². The maximum Gasteiger partial charge on any atom is 0.235 e. The highest BCUT2D eigenvalue weighted by Gasteiger charge is 2.21. The maximum absolute atomic E-state index is 13.7. The Bertz CT molecular complexity index is 1040. The minimum atomic E-state index is -3.53. The van der Waals surface area contributed by atoms with Crippen molar-refractivity contribution >= 4 is 15.7 Å². The third-order valence-corrected chi connectivity index (χ3v) is 5.74. The lowest BCUT2D eigenvalue weighted by molar-refractivity contribution is 0.437. The van der Waals surface area contributed by atoms with Gasteiger partial charge in [0, 0.05) is 18.5 Å². The predicted molar refractivity (Wildman–Crippen MR) is 103 cm³/mol. The summed E-state index contributed by atoms with van der Waals surface area (Å²) in [6, 6.07) is 12.7. The minimum absolute atomic E-state index is 0.0632. The van der Waals surface area contributed by atoms with Crippen molar-refractivity contribution in [3.63, 3.8) is 0 Å². The monoisotopic (exact) mass is 404 g/mol. The van der Waals surface area contributed by atoms with Crippen LogP contribution < -0.4 is 9.04 Å². The van der Waals surface area contributed by atoms with Gasteiger partial charge in [0.25, 0.3) is 0 Å². The zero-order valence-electron chi connectivity index (χ0n) is 15.0. The molecule has 0 fully saturated rings. The van der Waals surface area contributed by atoms with Crippen molar-refractivity contribution in [3.8, 4) is 11.5 Å². The van der Waals surface area contributed by atoms with Crippen LogP contribution in [0.25, 0.3) is 0 Å². The molecule has 0 N–H and O–H groups in total. The Morgan fingerprint density at radius 2 is 1.82 bits per heavy atom. The first-order chi connectivity index (χ1) is 13.4. The normalized spacial score (nSPS) is 11.2. The molecule has 0 bridgehead atoms. The van der Waals surface area contributed by atoms with Crippen molar-refractivity contribution in [2.75, 3.05) is 10.1 Å². The highest BCUT2D eigenvalue weighted by molar-refractivity contribution is 7.92. The Morgan fingerprint density at radius 1 is 1.07 bits per heavy atom. The van der Waals surface area contributed by atoms with Gasteiger partial charge in [0.05, 0.1) is 18.0 Å². The molecular formula is C20H18F2N2O3S. The van der Waals surface area contributed by atoms with Gasteiger partial charge in [0.2, 0.25) is 10.0 Å². The number of anilines is 1. The Kier molecular flexibility index (Phi) is 5.89. The second-order valence-electron chi connectivity index (χ2n) is 5.94. The van der Waals surface area contributed by atoms with Crippen LogP contribution in [0.1, 0.15) is 12.5 Å². The summed E-state index contributed by atoms with van der Waals surface area (Å²) in [6.45, 7) is 1.71. The third-order valence-electron chi connectivity index (χ3n) is 4.00. The molecule has 0 amide bonds. The summed E-state index contributed by atoms with van der Waals surface area (Å²) in [5.41, 5.74) is 1.19. The molecule has 1 heterocycles. The standard InChI is InChI=1S/C20H18F2N2O3S/c1-2-28(25,26)24(14-15-4-3-11-23-13-15)17-6-8-18(9-7-17)27-20-10-5-16(21)12-19(20)22/h3-13H,2,14H2,1H3. The molecule has 0 saturated carbocycles. The van der Waals surface area contributed by atoms with E-state index in [1.165, 1.54) is 22.5 Å². The fourth-order valence-electron chi connectivity index (χ4n) is 2.53. The van der Waals surface area contributed by atoms with E-state index in [2.05, 4.69) is 4.98 Å². The molecule has 0 radical (unpaired) electrons. The molecule has 1 aromatic heterocycles. The summed E-state index contributed by atoms with van der Waals surface area (Å²) in [5.74, 6) is -1.41. The Morgan fingerprint density at radius 3 is 2.43 bits per heavy atom. The molecule has 0 spiro atoms. The fraction of sp³-hybridized carbons (Fsp3) is 0.150. The van der Waals surface area contributed by atoms with Crippen LogP contribution >= 0.6 is 0 Å². The molecular weight excluding hydrogens is 386 g/mol. The number of ether oxygens (including phenoxy) is 1. The lowest BCUT2D eigenvalue weighted by Gasteiger charge is -2.24. The van der Waals surface area contributed by atoms with E-state index in [1.54, 1.807) is 43.6 Å². The molecule has 0 unspecified atom stereocenters. The molecule has 0 atom stereocenters. The zero-order chi connectivity index (χ0) is 20.1. The molecule has 3 aromatic rings. The molecule has 8 heteroatoms. The van der Waals surface area contributed by atoms with Crippen molar-refractivity contribution < 1.29 is 21.9 Å². The van der Waals surface area contributed by atoms with Crippen LogP contribution in [0.2, 0.25) is 0 Å². The van der Waals surface area contributed by atoms with Crippen LogP contribution in [0.3, 0.4) is 0 Å². The van der Waals surface area contributed by atoms with Gasteiger partial charge in [-0.25, -0.2) is 17.2 Å². The second kappa shape index (κ2) is 8.35. The molecule has 146 valence electrons. The molecule has 0 saturated heterocycles. The van der Waals surface area contributed by atoms with Crippen LogP contribution in [-0.2, 0) is 16.6 Å². The van der Waals surface area contributed by atoms with E-state index >= 15 is 0 Å². The number of halogens is 2. The molecule has 5 nitrogen and oxygen atoms in total. The molecule has 0 aliphatic rings. The summed E-state index contributed by atoms with van der Waals surface area (Å²) >= 11 is 0. The van der Waals surface area contributed by atoms with Gasteiger partial charge >= 0.3 is 0 Å². The number of pyridine rings is 1. The SMILES string of the molecule is CCS(=O)(=O)N(Cc1cccnc1)c1ccc(Oc2ccc(F)cc2F)cc1. The molecule has 0 aliphatic heterocycles. The lowest BCUT2D eigenvalue weighted by atomic mass is 10.2. The number of benzene rings is 2.